The number of nitrogens with zero attached hydrogens (tertiary/aromatic N) is 3. The number of anilines is 1. The number of ether oxygens (including phenoxy) is 3. The van der Waals surface area contributed by atoms with Crippen LogP contribution in [0, 0.1) is 0 Å². The number of hydrogen-bond donors (Lipinski definition) is 0. The lowest BCUT2D eigenvalue weighted by atomic mass is 10.1. The Labute approximate surface area is 202 Å². The van der Waals surface area contributed by atoms with E-state index in [9.17, 15) is 4.79 Å². The van der Waals surface area contributed by atoms with Crippen LogP contribution in [0.4, 0.5) is 5.13 Å². The van der Waals surface area contributed by atoms with Gasteiger partial charge in [-0.25, -0.2) is 4.98 Å². The normalized spacial score (nSPS) is 14.1. The first-order chi connectivity index (χ1) is 15.1. The molecule has 0 saturated carbocycles. The fraction of sp³-hybridized carbons (Fsp3) is 0.364. The van der Waals surface area contributed by atoms with E-state index in [0.717, 1.165) is 29.9 Å². The van der Waals surface area contributed by atoms with E-state index in [0.29, 0.717) is 47.0 Å². The molecule has 0 aliphatic carbocycles. The first-order valence-electron chi connectivity index (χ1n) is 9.99. The summed E-state index contributed by atoms with van der Waals surface area (Å²) in [4.78, 5) is 22.3. The molecule has 1 fully saturated rings. The smallest absolute Gasteiger partial charge is 0.260 e. The number of hydrogen-bond acceptors (Lipinski definition) is 7. The SMILES string of the molecule is COc1ccc(C(=O)N(CCN2CCOCC2)c2nc3ccc(Cl)cc3s2)cc1OC.Cl. The summed E-state index contributed by atoms with van der Waals surface area (Å²) in [5.74, 6) is 0.950. The molecule has 0 unspecified atom stereocenters. The van der Waals surface area contributed by atoms with Gasteiger partial charge in [-0.05, 0) is 36.4 Å². The second-order valence-electron chi connectivity index (χ2n) is 7.09. The molecule has 7 nitrogen and oxygen atoms in total. The van der Waals surface area contributed by atoms with Gasteiger partial charge in [0.05, 0.1) is 37.6 Å². The molecule has 172 valence electrons. The molecule has 2 heterocycles. The van der Waals surface area contributed by atoms with E-state index in [1.165, 1.54) is 11.3 Å². The van der Waals surface area contributed by atoms with Gasteiger partial charge < -0.3 is 14.2 Å². The van der Waals surface area contributed by atoms with Crippen molar-refractivity contribution in [3.05, 3.63) is 47.0 Å². The molecule has 1 amide bonds. The molecule has 1 saturated heterocycles. The minimum Gasteiger partial charge on any atom is -0.493 e. The highest BCUT2D eigenvalue weighted by Crippen LogP contribution is 2.33. The Bertz CT molecular complexity index is 1070. The maximum absolute atomic E-state index is 13.6. The zero-order chi connectivity index (χ0) is 21.8. The lowest BCUT2D eigenvalue weighted by Crippen LogP contribution is -2.43. The number of amides is 1. The van der Waals surface area contributed by atoms with Crippen LogP contribution in [0.5, 0.6) is 11.5 Å². The van der Waals surface area contributed by atoms with Gasteiger partial charge in [0.15, 0.2) is 16.6 Å². The van der Waals surface area contributed by atoms with E-state index in [-0.39, 0.29) is 18.3 Å². The Balaban J connectivity index is 0.00000289. The van der Waals surface area contributed by atoms with Gasteiger partial charge in [-0.15, -0.1) is 12.4 Å². The molecule has 0 N–H and O–H groups in total. The summed E-state index contributed by atoms with van der Waals surface area (Å²) in [6, 6.07) is 10.7. The van der Waals surface area contributed by atoms with Gasteiger partial charge in [0.25, 0.3) is 5.91 Å². The first kappa shape index (κ1) is 24.5. The van der Waals surface area contributed by atoms with Gasteiger partial charge in [-0.3, -0.25) is 14.6 Å². The van der Waals surface area contributed by atoms with Crippen LogP contribution in [0.2, 0.25) is 5.02 Å². The monoisotopic (exact) mass is 497 g/mol. The van der Waals surface area contributed by atoms with Crippen molar-refractivity contribution in [3.63, 3.8) is 0 Å². The minimum atomic E-state index is -0.139. The lowest BCUT2D eigenvalue weighted by Gasteiger charge is -2.29. The van der Waals surface area contributed by atoms with Crippen molar-refractivity contribution in [2.45, 2.75) is 0 Å². The number of rotatable bonds is 7. The topological polar surface area (TPSA) is 64.1 Å². The second kappa shape index (κ2) is 11.2. The van der Waals surface area contributed by atoms with Crippen LogP contribution < -0.4 is 14.4 Å². The summed E-state index contributed by atoms with van der Waals surface area (Å²) in [6.45, 7) is 4.38. The van der Waals surface area contributed by atoms with Crippen molar-refractivity contribution in [2.75, 3.05) is 58.5 Å². The molecule has 0 radical (unpaired) electrons. The molecule has 32 heavy (non-hydrogen) atoms. The van der Waals surface area contributed by atoms with E-state index >= 15 is 0 Å². The highest BCUT2D eigenvalue weighted by atomic mass is 35.5. The quantitative estimate of drug-likeness (QED) is 0.482. The molecule has 1 aromatic heterocycles. The fourth-order valence-corrected chi connectivity index (χ4v) is 4.74. The molecule has 2 aromatic carbocycles. The number of carbonyl (C=O) groups excluding carboxylic acids is 1. The molecule has 0 bridgehead atoms. The number of thiazole rings is 1. The molecular formula is C22H25Cl2N3O4S. The van der Waals surface area contributed by atoms with Crippen LogP contribution in [-0.2, 0) is 4.74 Å². The summed E-state index contributed by atoms with van der Waals surface area (Å²) in [5.41, 5.74) is 1.33. The van der Waals surface area contributed by atoms with Crippen LogP contribution >= 0.6 is 35.3 Å². The Hall–Kier alpha value is -2.10. The fourth-order valence-electron chi connectivity index (χ4n) is 3.48. The predicted molar refractivity (Wildman–Crippen MR) is 130 cm³/mol. The molecule has 1 aliphatic heterocycles. The number of aromatic nitrogens is 1. The van der Waals surface area contributed by atoms with Gasteiger partial charge in [0.1, 0.15) is 0 Å². The van der Waals surface area contributed by atoms with Gasteiger partial charge >= 0.3 is 0 Å². The van der Waals surface area contributed by atoms with Crippen molar-refractivity contribution in [1.82, 2.24) is 9.88 Å². The molecule has 0 spiro atoms. The summed E-state index contributed by atoms with van der Waals surface area (Å²) in [5, 5.41) is 1.29. The van der Waals surface area contributed by atoms with Crippen molar-refractivity contribution < 1.29 is 19.0 Å². The van der Waals surface area contributed by atoms with Crippen molar-refractivity contribution >= 4 is 56.6 Å². The minimum absolute atomic E-state index is 0. The van der Waals surface area contributed by atoms with Crippen LogP contribution in [0.25, 0.3) is 10.2 Å². The number of carbonyl (C=O) groups is 1. The molecule has 10 heteroatoms. The largest absolute Gasteiger partial charge is 0.493 e. The highest BCUT2D eigenvalue weighted by Gasteiger charge is 2.24. The standard InChI is InChI=1S/C22H24ClN3O4S.ClH/c1-28-18-6-3-15(13-19(18)29-2)21(27)26(8-7-25-9-11-30-12-10-25)22-24-17-5-4-16(23)14-20(17)31-22;/h3-6,13-14H,7-12H2,1-2H3;1H. The molecule has 1 aliphatic rings. The second-order valence-corrected chi connectivity index (χ2v) is 8.53. The third-order valence-electron chi connectivity index (χ3n) is 5.19. The summed E-state index contributed by atoms with van der Waals surface area (Å²) < 4.78 is 17.1. The van der Waals surface area contributed by atoms with Gasteiger partial charge in [-0.1, -0.05) is 22.9 Å². The Morgan fingerprint density at radius 1 is 1.16 bits per heavy atom. The van der Waals surface area contributed by atoms with E-state index < -0.39 is 0 Å². The summed E-state index contributed by atoms with van der Waals surface area (Å²) in [7, 11) is 3.12. The number of morpholine rings is 1. The average molecular weight is 498 g/mol. The predicted octanol–water partition coefficient (Wildman–Crippen LogP) is 4.37. The van der Waals surface area contributed by atoms with E-state index in [1.807, 2.05) is 18.2 Å². The maximum atomic E-state index is 13.6. The number of halogens is 2. The van der Waals surface area contributed by atoms with Crippen LogP contribution in [0.1, 0.15) is 10.4 Å². The zero-order valence-corrected chi connectivity index (χ0v) is 20.3. The highest BCUT2D eigenvalue weighted by molar-refractivity contribution is 7.22. The summed E-state index contributed by atoms with van der Waals surface area (Å²) >= 11 is 7.60. The Kier molecular flexibility index (Phi) is 8.56. The van der Waals surface area contributed by atoms with Crippen molar-refractivity contribution in [3.8, 4) is 11.5 Å². The molecular weight excluding hydrogens is 473 g/mol. The first-order valence-corrected chi connectivity index (χ1v) is 11.2. The average Bonchev–Trinajstić information content (AvgIpc) is 3.22. The van der Waals surface area contributed by atoms with Crippen molar-refractivity contribution in [1.29, 1.82) is 0 Å². The zero-order valence-electron chi connectivity index (χ0n) is 17.9. The molecule has 3 aromatic rings. The molecule has 4 rings (SSSR count). The van der Waals surface area contributed by atoms with E-state index in [4.69, 9.17) is 30.8 Å². The third kappa shape index (κ3) is 5.44. The Morgan fingerprint density at radius 3 is 2.62 bits per heavy atom. The number of benzene rings is 2. The lowest BCUT2D eigenvalue weighted by molar-refractivity contribution is 0.0391. The Morgan fingerprint density at radius 2 is 1.91 bits per heavy atom. The van der Waals surface area contributed by atoms with Crippen molar-refractivity contribution in [2.24, 2.45) is 0 Å². The molecule has 0 atom stereocenters. The summed E-state index contributed by atoms with van der Waals surface area (Å²) in [6.07, 6.45) is 0. The van der Waals surface area contributed by atoms with E-state index in [1.54, 1.807) is 37.3 Å². The van der Waals surface area contributed by atoms with E-state index in [2.05, 4.69) is 4.90 Å². The number of fused-ring (bicyclic) bond motifs is 1. The van der Waals surface area contributed by atoms with Crippen LogP contribution in [-0.4, -0.2) is 69.4 Å². The maximum Gasteiger partial charge on any atom is 0.260 e. The third-order valence-corrected chi connectivity index (χ3v) is 6.47. The van der Waals surface area contributed by atoms with Crippen LogP contribution in [0.15, 0.2) is 36.4 Å². The number of methoxy groups -OCH3 is 2. The van der Waals surface area contributed by atoms with Gasteiger partial charge in [0.2, 0.25) is 0 Å². The van der Waals surface area contributed by atoms with Gasteiger partial charge in [-0.2, -0.15) is 0 Å². The van der Waals surface area contributed by atoms with Gasteiger partial charge in [0, 0.05) is 36.8 Å². The van der Waals surface area contributed by atoms with Crippen LogP contribution in [0.3, 0.4) is 0 Å².